The number of aryl methyl sites for hydroxylation is 1. The highest BCUT2D eigenvalue weighted by molar-refractivity contribution is 7.90. The van der Waals surface area contributed by atoms with Gasteiger partial charge in [-0.15, -0.1) is 0 Å². The average molecular weight is 333 g/mol. The van der Waals surface area contributed by atoms with Crippen LogP contribution in [0.2, 0.25) is 0 Å². The Balaban J connectivity index is 2.37. The third kappa shape index (κ3) is 4.10. The normalized spacial score (nSPS) is 11.6. The van der Waals surface area contributed by atoms with Crippen molar-refractivity contribution < 1.29 is 17.9 Å². The molecule has 2 aromatic rings. The molecular weight excluding hydrogens is 314 g/mol. The van der Waals surface area contributed by atoms with Crippen molar-refractivity contribution >= 4 is 16.2 Å². The summed E-state index contributed by atoms with van der Waals surface area (Å²) in [7, 11) is -2.22. The first kappa shape index (κ1) is 17.0. The van der Waals surface area contributed by atoms with Crippen molar-refractivity contribution in [1.82, 2.24) is 0 Å². The van der Waals surface area contributed by atoms with Crippen LogP contribution in [0.25, 0.3) is 0 Å². The SMILES string of the molecule is CCOc1c(/C=N\S(=O)(=O)c2ccc(C)cc2)cccc1OC. The molecule has 0 unspecified atom stereocenters. The minimum atomic E-state index is -3.75. The zero-order valence-corrected chi connectivity index (χ0v) is 14.1. The van der Waals surface area contributed by atoms with Crippen LogP contribution in [-0.4, -0.2) is 28.3 Å². The van der Waals surface area contributed by atoms with E-state index in [2.05, 4.69) is 4.40 Å². The fourth-order valence-electron chi connectivity index (χ4n) is 1.99. The molecule has 2 rings (SSSR count). The molecule has 0 saturated heterocycles. The first-order chi connectivity index (χ1) is 11.0. The molecule has 0 heterocycles. The van der Waals surface area contributed by atoms with Crippen LogP contribution < -0.4 is 9.47 Å². The van der Waals surface area contributed by atoms with E-state index in [0.29, 0.717) is 23.7 Å². The minimum Gasteiger partial charge on any atom is -0.493 e. The smallest absolute Gasteiger partial charge is 0.282 e. The number of hydrogen-bond acceptors (Lipinski definition) is 4. The highest BCUT2D eigenvalue weighted by atomic mass is 32.2. The molecule has 0 aliphatic rings. The summed E-state index contributed by atoms with van der Waals surface area (Å²) in [5, 5.41) is 0. The molecule has 5 nitrogen and oxygen atoms in total. The van der Waals surface area contributed by atoms with Crippen LogP contribution in [0.1, 0.15) is 18.1 Å². The van der Waals surface area contributed by atoms with Gasteiger partial charge in [0.2, 0.25) is 0 Å². The number of nitrogens with zero attached hydrogens (tertiary/aromatic N) is 1. The van der Waals surface area contributed by atoms with E-state index in [4.69, 9.17) is 9.47 Å². The predicted octanol–water partition coefficient (Wildman–Crippen LogP) is 3.21. The van der Waals surface area contributed by atoms with Gasteiger partial charge in [-0.1, -0.05) is 23.8 Å². The molecular formula is C17H19NO4S. The van der Waals surface area contributed by atoms with E-state index in [1.807, 2.05) is 13.8 Å². The number of methoxy groups -OCH3 is 1. The minimum absolute atomic E-state index is 0.153. The third-order valence-corrected chi connectivity index (χ3v) is 4.42. The number of sulfonamides is 1. The number of ether oxygens (including phenoxy) is 2. The lowest BCUT2D eigenvalue weighted by Gasteiger charge is -2.11. The Morgan fingerprint density at radius 2 is 1.83 bits per heavy atom. The second kappa shape index (κ2) is 7.28. The first-order valence-electron chi connectivity index (χ1n) is 7.14. The Bertz CT molecular complexity index is 796. The van der Waals surface area contributed by atoms with Gasteiger partial charge >= 0.3 is 0 Å². The molecule has 0 spiro atoms. The second-order valence-corrected chi connectivity index (χ2v) is 6.47. The van der Waals surface area contributed by atoms with E-state index in [1.54, 1.807) is 30.3 Å². The summed E-state index contributed by atoms with van der Waals surface area (Å²) < 4.78 is 39.1. The summed E-state index contributed by atoms with van der Waals surface area (Å²) in [6.45, 7) is 4.17. The van der Waals surface area contributed by atoms with Crippen molar-refractivity contribution in [3.8, 4) is 11.5 Å². The molecule has 0 saturated carbocycles. The number of para-hydroxylation sites is 1. The maximum Gasteiger partial charge on any atom is 0.282 e. The lowest BCUT2D eigenvalue weighted by atomic mass is 10.2. The van der Waals surface area contributed by atoms with Gasteiger partial charge in [0, 0.05) is 5.56 Å². The number of benzene rings is 2. The summed E-state index contributed by atoms with van der Waals surface area (Å²) in [5.74, 6) is 1.00. The molecule has 0 bridgehead atoms. The first-order valence-corrected chi connectivity index (χ1v) is 8.58. The van der Waals surface area contributed by atoms with Crippen molar-refractivity contribution in [2.24, 2.45) is 4.40 Å². The quantitative estimate of drug-likeness (QED) is 0.762. The van der Waals surface area contributed by atoms with Gasteiger partial charge in [-0.05, 0) is 38.1 Å². The molecule has 0 radical (unpaired) electrons. The van der Waals surface area contributed by atoms with Crippen LogP contribution in [0.4, 0.5) is 0 Å². The Morgan fingerprint density at radius 1 is 1.13 bits per heavy atom. The van der Waals surface area contributed by atoms with Crippen LogP contribution >= 0.6 is 0 Å². The predicted molar refractivity (Wildman–Crippen MR) is 90.1 cm³/mol. The summed E-state index contributed by atoms with van der Waals surface area (Å²) in [5.41, 5.74) is 1.53. The topological polar surface area (TPSA) is 65.0 Å². The van der Waals surface area contributed by atoms with Gasteiger partial charge in [-0.25, -0.2) is 0 Å². The molecule has 0 N–H and O–H groups in total. The Kier molecular flexibility index (Phi) is 5.39. The summed E-state index contributed by atoms with van der Waals surface area (Å²) in [4.78, 5) is 0.153. The molecule has 0 aliphatic heterocycles. The van der Waals surface area contributed by atoms with Gasteiger partial charge in [-0.3, -0.25) is 0 Å². The largest absolute Gasteiger partial charge is 0.493 e. The number of hydrogen-bond donors (Lipinski definition) is 0. The van der Waals surface area contributed by atoms with Gasteiger partial charge in [0.25, 0.3) is 10.0 Å². The summed E-state index contributed by atoms with van der Waals surface area (Å²) in [6.07, 6.45) is 1.28. The molecule has 0 fully saturated rings. The van der Waals surface area contributed by atoms with Crippen molar-refractivity contribution in [1.29, 1.82) is 0 Å². The van der Waals surface area contributed by atoms with Crippen molar-refractivity contribution in [2.45, 2.75) is 18.7 Å². The van der Waals surface area contributed by atoms with Crippen molar-refractivity contribution in [3.63, 3.8) is 0 Å². The van der Waals surface area contributed by atoms with Crippen LogP contribution in [-0.2, 0) is 10.0 Å². The Hall–Kier alpha value is -2.34. The third-order valence-electron chi connectivity index (χ3n) is 3.17. The molecule has 23 heavy (non-hydrogen) atoms. The van der Waals surface area contributed by atoms with E-state index >= 15 is 0 Å². The summed E-state index contributed by atoms with van der Waals surface area (Å²) in [6, 6.07) is 11.8. The highest BCUT2D eigenvalue weighted by Crippen LogP contribution is 2.30. The van der Waals surface area contributed by atoms with Crippen molar-refractivity contribution in [3.05, 3.63) is 53.6 Å². The van der Waals surface area contributed by atoms with Gasteiger partial charge < -0.3 is 9.47 Å². The van der Waals surface area contributed by atoms with Gasteiger partial charge in [0.1, 0.15) is 0 Å². The average Bonchev–Trinajstić information content (AvgIpc) is 2.54. The van der Waals surface area contributed by atoms with Gasteiger partial charge in [0.15, 0.2) is 11.5 Å². The molecule has 0 aromatic heterocycles. The van der Waals surface area contributed by atoms with Crippen LogP contribution in [0.15, 0.2) is 51.8 Å². The zero-order chi connectivity index (χ0) is 16.9. The van der Waals surface area contributed by atoms with E-state index in [9.17, 15) is 8.42 Å². The maximum atomic E-state index is 12.3. The monoisotopic (exact) mass is 333 g/mol. The van der Waals surface area contributed by atoms with E-state index < -0.39 is 10.0 Å². The highest BCUT2D eigenvalue weighted by Gasteiger charge is 2.13. The molecule has 2 aromatic carbocycles. The lowest BCUT2D eigenvalue weighted by molar-refractivity contribution is 0.310. The standard InChI is InChI=1S/C17H19NO4S/c1-4-22-17-14(6-5-7-16(17)21-3)12-18-23(19,20)15-10-8-13(2)9-11-15/h5-12H,4H2,1-3H3/b18-12-. The van der Waals surface area contributed by atoms with E-state index in [0.717, 1.165) is 5.56 Å². The maximum absolute atomic E-state index is 12.3. The zero-order valence-electron chi connectivity index (χ0n) is 13.3. The Morgan fingerprint density at radius 3 is 2.43 bits per heavy atom. The fraction of sp³-hybridized carbons (Fsp3) is 0.235. The van der Waals surface area contributed by atoms with E-state index in [1.165, 1.54) is 25.5 Å². The van der Waals surface area contributed by atoms with Crippen molar-refractivity contribution in [2.75, 3.05) is 13.7 Å². The molecule has 0 amide bonds. The molecule has 0 atom stereocenters. The molecule has 122 valence electrons. The number of rotatable bonds is 6. The van der Waals surface area contributed by atoms with Crippen LogP contribution in [0.5, 0.6) is 11.5 Å². The Labute approximate surface area is 136 Å². The molecule has 6 heteroatoms. The summed E-state index contributed by atoms with van der Waals surface area (Å²) >= 11 is 0. The van der Waals surface area contributed by atoms with Crippen LogP contribution in [0.3, 0.4) is 0 Å². The fourth-order valence-corrected chi connectivity index (χ4v) is 2.85. The second-order valence-electron chi connectivity index (χ2n) is 4.83. The van der Waals surface area contributed by atoms with Gasteiger partial charge in [0.05, 0.1) is 24.8 Å². The van der Waals surface area contributed by atoms with E-state index in [-0.39, 0.29) is 4.90 Å². The van der Waals surface area contributed by atoms with Crippen LogP contribution in [0, 0.1) is 6.92 Å². The molecule has 0 aliphatic carbocycles. The van der Waals surface area contributed by atoms with Gasteiger partial charge in [-0.2, -0.15) is 12.8 Å². The lowest BCUT2D eigenvalue weighted by Crippen LogP contribution is -2.01.